The summed E-state index contributed by atoms with van der Waals surface area (Å²) in [7, 11) is 0. The first-order valence-corrected chi connectivity index (χ1v) is 9.72. The van der Waals surface area contributed by atoms with Gasteiger partial charge in [-0.15, -0.1) is 0 Å². The van der Waals surface area contributed by atoms with E-state index < -0.39 is 0 Å². The molecule has 0 spiro atoms. The van der Waals surface area contributed by atoms with Crippen LogP contribution in [0.15, 0.2) is 18.2 Å². The Hall–Kier alpha value is -1.72. The number of benzene rings is 1. The lowest BCUT2D eigenvalue weighted by Crippen LogP contribution is -2.39. The van der Waals surface area contributed by atoms with Crippen molar-refractivity contribution < 1.29 is 5.11 Å². The van der Waals surface area contributed by atoms with Crippen LogP contribution in [-0.4, -0.2) is 47.4 Å². The first kappa shape index (κ1) is 19.1. The summed E-state index contributed by atoms with van der Waals surface area (Å²) >= 11 is 0. The maximum absolute atomic E-state index is 9.44. The molecule has 2 heterocycles. The van der Waals surface area contributed by atoms with Crippen molar-refractivity contribution in [2.75, 3.05) is 31.1 Å². The maximum Gasteiger partial charge on any atom is 0.226 e. The van der Waals surface area contributed by atoms with Crippen LogP contribution >= 0.6 is 0 Å². The average Bonchev–Trinajstić information content (AvgIpc) is 2.85. The van der Waals surface area contributed by atoms with Crippen LogP contribution in [0.4, 0.5) is 5.95 Å². The molecule has 0 radical (unpaired) electrons. The molecule has 1 aromatic carbocycles. The van der Waals surface area contributed by atoms with Gasteiger partial charge in [0.15, 0.2) is 0 Å². The van der Waals surface area contributed by atoms with Gasteiger partial charge in [0.25, 0.3) is 0 Å². The van der Waals surface area contributed by atoms with Gasteiger partial charge in [0.2, 0.25) is 5.95 Å². The molecule has 5 nitrogen and oxygen atoms in total. The van der Waals surface area contributed by atoms with Crippen molar-refractivity contribution >= 4 is 16.9 Å². The highest BCUT2D eigenvalue weighted by molar-refractivity contribution is 5.82. The van der Waals surface area contributed by atoms with Gasteiger partial charge in [-0.05, 0) is 44.7 Å². The fraction of sp³-hybridized carbons (Fsp3) is 0.619. The van der Waals surface area contributed by atoms with E-state index in [0.29, 0.717) is 6.04 Å². The average molecular weight is 357 g/mol. The monoisotopic (exact) mass is 356 g/mol. The molecule has 26 heavy (non-hydrogen) atoms. The normalized spacial score (nSPS) is 19.0. The highest BCUT2D eigenvalue weighted by Crippen LogP contribution is 2.23. The third-order valence-electron chi connectivity index (χ3n) is 5.34. The Bertz CT molecular complexity index is 759. The highest BCUT2D eigenvalue weighted by atomic mass is 16.3. The summed E-state index contributed by atoms with van der Waals surface area (Å²) in [5, 5.41) is 14.2. The summed E-state index contributed by atoms with van der Waals surface area (Å²) in [6.07, 6.45) is 3.37. The Kier molecular flexibility index (Phi) is 5.78. The second-order valence-electron chi connectivity index (χ2n) is 8.45. The first-order chi connectivity index (χ1) is 12.4. The number of aliphatic hydroxyl groups is 1. The summed E-state index contributed by atoms with van der Waals surface area (Å²) in [5.74, 6) is 0.858. The van der Waals surface area contributed by atoms with Crippen molar-refractivity contribution in [1.82, 2.24) is 15.3 Å². The summed E-state index contributed by atoms with van der Waals surface area (Å²) in [5.41, 5.74) is 3.25. The van der Waals surface area contributed by atoms with E-state index in [0.717, 1.165) is 61.4 Å². The topological polar surface area (TPSA) is 61.3 Å². The van der Waals surface area contributed by atoms with Gasteiger partial charge in [0, 0.05) is 43.1 Å². The van der Waals surface area contributed by atoms with Crippen LogP contribution in [0.1, 0.15) is 44.4 Å². The van der Waals surface area contributed by atoms with Crippen LogP contribution < -0.4 is 10.2 Å². The molecular formula is C21H32N4O. The minimum atomic E-state index is -0.0670. The number of fused-ring (bicyclic) bond motifs is 1. The largest absolute Gasteiger partial charge is 0.396 e. The molecule has 0 amide bonds. The molecule has 5 heteroatoms. The number of rotatable bonds is 5. The van der Waals surface area contributed by atoms with Gasteiger partial charge in [-0.25, -0.2) is 9.97 Å². The molecule has 1 aliphatic rings. The number of aryl methyl sites for hydroxylation is 2. The molecule has 1 saturated heterocycles. The molecule has 1 aromatic heterocycles. The molecule has 1 atom stereocenters. The molecule has 2 aromatic rings. The molecule has 3 rings (SSSR count). The van der Waals surface area contributed by atoms with Crippen LogP contribution in [0.25, 0.3) is 10.9 Å². The lowest BCUT2D eigenvalue weighted by atomic mass is 9.94. The van der Waals surface area contributed by atoms with Crippen molar-refractivity contribution in [3.63, 3.8) is 0 Å². The molecule has 0 saturated carbocycles. The molecule has 1 aliphatic heterocycles. The molecule has 0 bridgehead atoms. The molecule has 1 unspecified atom stereocenters. The fourth-order valence-corrected chi connectivity index (χ4v) is 3.50. The van der Waals surface area contributed by atoms with Crippen molar-refractivity contribution in [3.05, 3.63) is 29.5 Å². The van der Waals surface area contributed by atoms with Crippen molar-refractivity contribution in [1.29, 1.82) is 0 Å². The molecule has 1 fully saturated rings. The summed E-state index contributed by atoms with van der Waals surface area (Å²) in [4.78, 5) is 12.0. The van der Waals surface area contributed by atoms with E-state index in [1.807, 2.05) is 0 Å². The second kappa shape index (κ2) is 7.89. The number of hydrogen-bond donors (Lipinski definition) is 2. The van der Waals surface area contributed by atoms with Crippen LogP contribution in [0.5, 0.6) is 0 Å². The van der Waals surface area contributed by atoms with E-state index in [1.165, 1.54) is 5.56 Å². The van der Waals surface area contributed by atoms with E-state index in [-0.39, 0.29) is 12.0 Å². The number of nitrogens with zero attached hydrogens (tertiary/aromatic N) is 3. The van der Waals surface area contributed by atoms with Gasteiger partial charge < -0.3 is 15.3 Å². The Labute approximate surface area is 156 Å². The summed E-state index contributed by atoms with van der Waals surface area (Å²) < 4.78 is 0. The fourth-order valence-electron chi connectivity index (χ4n) is 3.50. The van der Waals surface area contributed by atoms with Gasteiger partial charge in [0.05, 0.1) is 11.2 Å². The van der Waals surface area contributed by atoms with E-state index in [4.69, 9.17) is 9.97 Å². The Morgan fingerprint density at radius 1 is 1.19 bits per heavy atom. The smallest absolute Gasteiger partial charge is 0.226 e. The number of aromatic nitrogens is 2. The minimum Gasteiger partial charge on any atom is -0.396 e. The van der Waals surface area contributed by atoms with Gasteiger partial charge in [-0.2, -0.15) is 0 Å². The Balaban J connectivity index is 1.70. The predicted molar refractivity (Wildman–Crippen MR) is 108 cm³/mol. The Morgan fingerprint density at radius 2 is 2.00 bits per heavy atom. The minimum absolute atomic E-state index is 0.0670. The van der Waals surface area contributed by atoms with Gasteiger partial charge in [0.1, 0.15) is 0 Å². The van der Waals surface area contributed by atoms with Gasteiger partial charge in [-0.1, -0.05) is 26.0 Å². The number of nitrogens with one attached hydrogen (secondary N) is 1. The number of hydrogen-bond acceptors (Lipinski definition) is 5. The zero-order valence-electron chi connectivity index (χ0n) is 16.5. The van der Waals surface area contributed by atoms with Crippen LogP contribution in [-0.2, 0) is 0 Å². The first-order valence-electron chi connectivity index (χ1n) is 9.72. The van der Waals surface area contributed by atoms with E-state index in [9.17, 15) is 5.11 Å². The van der Waals surface area contributed by atoms with Crippen LogP contribution in [0.2, 0.25) is 0 Å². The van der Waals surface area contributed by atoms with Crippen molar-refractivity contribution in [2.24, 2.45) is 5.41 Å². The van der Waals surface area contributed by atoms with Crippen molar-refractivity contribution in [2.45, 2.75) is 53.0 Å². The van der Waals surface area contributed by atoms with E-state index in [2.05, 4.69) is 56.1 Å². The number of anilines is 1. The highest BCUT2D eigenvalue weighted by Gasteiger charge is 2.22. The SMILES string of the molecule is Cc1ccc2c(C)nc(N3CCCC(NCC(C)(C)CO)CC3)nc2c1. The maximum atomic E-state index is 9.44. The number of aliphatic hydroxyl groups excluding tert-OH is 1. The van der Waals surface area contributed by atoms with Crippen LogP contribution in [0, 0.1) is 19.3 Å². The van der Waals surface area contributed by atoms with E-state index >= 15 is 0 Å². The zero-order valence-corrected chi connectivity index (χ0v) is 16.5. The third-order valence-corrected chi connectivity index (χ3v) is 5.34. The van der Waals surface area contributed by atoms with Crippen LogP contribution in [0.3, 0.4) is 0 Å². The Morgan fingerprint density at radius 3 is 2.77 bits per heavy atom. The predicted octanol–water partition coefficient (Wildman–Crippen LogP) is 3.21. The molecule has 2 N–H and O–H groups in total. The quantitative estimate of drug-likeness (QED) is 0.861. The van der Waals surface area contributed by atoms with Crippen molar-refractivity contribution in [3.8, 4) is 0 Å². The zero-order chi connectivity index (χ0) is 18.7. The lowest BCUT2D eigenvalue weighted by molar-refractivity contribution is 0.152. The standard InChI is InChI=1S/C21H32N4O/c1-15-7-8-18-16(2)23-20(24-19(18)12-15)25-10-5-6-17(9-11-25)22-13-21(3,4)14-26/h7-8,12,17,22,26H,5-6,9-11,13-14H2,1-4H3. The molecule has 142 valence electrons. The summed E-state index contributed by atoms with van der Waals surface area (Å²) in [6, 6.07) is 6.88. The summed E-state index contributed by atoms with van der Waals surface area (Å²) in [6.45, 7) is 11.4. The second-order valence-corrected chi connectivity index (χ2v) is 8.45. The van der Waals surface area contributed by atoms with Gasteiger partial charge >= 0.3 is 0 Å². The third kappa shape index (κ3) is 4.51. The van der Waals surface area contributed by atoms with Gasteiger partial charge in [-0.3, -0.25) is 0 Å². The lowest BCUT2D eigenvalue weighted by Gasteiger charge is -2.26. The van der Waals surface area contributed by atoms with E-state index in [1.54, 1.807) is 0 Å². The molecule has 0 aliphatic carbocycles. The molecular weight excluding hydrogens is 324 g/mol.